The van der Waals surface area contributed by atoms with Gasteiger partial charge in [-0.25, -0.2) is 0 Å². The summed E-state index contributed by atoms with van der Waals surface area (Å²) in [5.74, 6) is 0. The molecule has 3 rings (SSSR count). The van der Waals surface area contributed by atoms with Crippen LogP contribution >= 0.6 is 0 Å². The van der Waals surface area contributed by atoms with Gasteiger partial charge < -0.3 is 9.16 Å². The van der Waals surface area contributed by atoms with Gasteiger partial charge in [-0.2, -0.15) is 0 Å². The molecule has 1 aliphatic heterocycles. The van der Waals surface area contributed by atoms with Crippen molar-refractivity contribution in [2.24, 2.45) is 0 Å². The van der Waals surface area contributed by atoms with E-state index >= 15 is 0 Å². The second-order valence-electron chi connectivity index (χ2n) is 10.2. The quantitative estimate of drug-likeness (QED) is 0.431. The van der Waals surface area contributed by atoms with Crippen LogP contribution in [0.5, 0.6) is 0 Å². The molecule has 1 fully saturated rings. The van der Waals surface area contributed by atoms with E-state index in [1.807, 2.05) is 0 Å². The van der Waals surface area contributed by atoms with Crippen LogP contribution in [0.2, 0.25) is 24.7 Å². The maximum absolute atomic E-state index is 6.98. The highest BCUT2D eigenvalue weighted by atomic mass is 28.4. The smallest absolute Gasteiger partial charge is 0.261 e. The van der Waals surface area contributed by atoms with Crippen molar-refractivity contribution < 1.29 is 9.16 Å². The van der Waals surface area contributed by atoms with Gasteiger partial charge in [0, 0.05) is 0 Å². The summed E-state index contributed by atoms with van der Waals surface area (Å²) in [4.78, 5) is 0. The van der Waals surface area contributed by atoms with Crippen LogP contribution in [0, 0.1) is 0 Å². The third-order valence-electron chi connectivity index (χ3n) is 6.08. The Morgan fingerprint density at radius 1 is 0.897 bits per heavy atom. The van der Waals surface area contributed by atoms with Gasteiger partial charge >= 0.3 is 0 Å². The first kappa shape index (κ1) is 22.2. The van der Waals surface area contributed by atoms with Gasteiger partial charge in [0.05, 0.1) is 20.8 Å². The van der Waals surface area contributed by atoms with Gasteiger partial charge in [-0.1, -0.05) is 106 Å². The minimum Gasteiger partial charge on any atom is -0.405 e. The normalized spacial score (nSPS) is 19.8. The summed E-state index contributed by atoms with van der Waals surface area (Å²) in [7, 11) is -3.79. The Kier molecular flexibility index (Phi) is 6.39. The molecule has 156 valence electrons. The monoisotopic (exact) mass is 424 g/mol. The van der Waals surface area contributed by atoms with Gasteiger partial charge in [-0.15, -0.1) is 6.58 Å². The average molecular weight is 425 g/mol. The minimum atomic E-state index is -2.47. The molecular formula is C25H36O2Si2. The van der Waals surface area contributed by atoms with E-state index in [2.05, 4.69) is 108 Å². The maximum Gasteiger partial charge on any atom is 0.261 e. The Morgan fingerprint density at radius 2 is 1.38 bits per heavy atom. The molecule has 0 radical (unpaired) electrons. The summed E-state index contributed by atoms with van der Waals surface area (Å²) < 4.78 is 13.0. The van der Waals surface area contributed by atoms with Crippen LogP contribution < -0.4 is 10.4 Å². The number of hydrogen-bond donors (Lipinski definition) is 0. The second kappa shape index (κ2) is 8.34. The topological polar surface area (TPSA) is 21.8 Å². The molecule has 1 aliphatic rings. The average Bonchev–Trinajstić information content (AvgIpc) is 3.40. The predicted octanol–water partition coefficient (Wildman–Crippen LogP) is 5.15. The lowest BCUT2D eigenvalue weighted by atomic mass is 10.2. The van der Waals surface area contributed by atoms with Crippen molar-refractivity contribution in [3.63, 3.8) is 0 Å². The summed E-state index contributed by atoms with van der Waals surface area (Å²) in [6.45, 7) is 19.0. The zero-order chi connectivity index (χ0) is 21.3. The van der Waals surface area contributed by atoms with Gasteiger partial charge in [0.15, 0.2) is 0 Å². The summed E-state index contributed by atoms with van der Waals surface area (Å²) in [6.07, 6.45) is 1.43. The first-order valence-electron chi connectivity index (χ1n) is 10.6. The van der Waals surface area contributed by atoms with Crippen molar-refractivity contribution in [1.82, 2.24) is 0 Å². The summed E-state index contributed by atoms with van der Waals surface area (Å²) >= 11 is 0. The highest BCUT2D eigenvalue weighted by Crippen LogP contribution is 2.38. The van der Waals surface area contributed by atoms with Crippen LogP contribution in [0.3, 0.4) is 0 Å². The van der Waals surface area contributed by atoms with Gasteiger partial charge in [0.1, 0.15) is 6.10 Å². The highest BCUT2D eigenvalue weighted by Gasteiger charge is 2.52. The Balaban J connectivity index is 1.85. The zero-order valence-corrected chi connectivity index (χ0v) is 20.9. The zero-order valence-electron chi connectivity index (χ0n) is 18.9. The minimum absolute atomic E-state index is 0.00200. The van der Waals surface area contributed by atoms with Crippen LogP contribution in [0.25, 0.3) is 0 Å². The molecule has 0 aliphatic carbocycles. The lowest BCUT2D eigenvalue weighted by Crippen LogP contribution is -2.66. The van der Waals surface area contributed by atoms with Gasteiger partial charge in [-0.3, -0.25) is 0 Å². The van der Waals surface area contributed by atoms with Gasteiger partial charge in [0.2, 0.25) is 0 Å². The van der Waals surface area contributed by atoms with Crippen LogP contribution in [-0.4, -0.2) is 35.2 Å². The third kappa shape index (κ3) is 4.82. The van der Waals surface area contributed by atoms with Gasteiger partial charge in [-0.05, 0) is 21.8 Å². The molecule has 0 aromatic heterocycles. The molecule has 0 spiro atoms. The van der Waals surface area contributed by atoms with Crippen molar-refractivity contribution in [1.29, 1.82) is 0 Å². The first-order chi connectivity index (χ1) is 13.6. The summed E-state index contributed by atoms with van der Waals surface area (Å²) in [5.41, 5.74) is 0. The van der Waals surface area contributed by atoms with Crippen LogP contribution in [-0.2, 0) is 9.16 Å². The molecule has 0 bridgehead atoms. The summed E-state index contributed by atoms with van der Waals surface area (Å²) in [5, 5.41) is 4.03. The van der Waals surface area contributed by atoms with Crippen LogP contribution in [0.4, 0.5) is 0 Å². The Bertz CT molecular complexity index is 780. The fourth-order valence-electron chi connectivity index (χ4n) is 4.02. The molecule has 2 aromatic carbocycles. The highest BCUT2D eigenvalue weighted by molar-refractivity contribution is 6.99. The first-order valence-corrected chi connectivity index (χ1v) is 16.1. The van der Waals surface area contributed by atoms with E-state index in [9.17, 15) is 0 Å². The fraction of sp³-hybridized carbons (Fsp3) is 0.440. The van der Waals surface area contributed by atoms with E-state index in [1.165, 1.54) is 15.6 Å². The number of benzene rings is 2. The van der Waals surface area contributed by atoms with Crippen molar-refractivity contribution in [2.75, 3.05) is 6.61 Å². The number of hydrogen-bond acceptors (Lipinski definition) is 2. The number of ether oxygens (including phenoxy) is 1. The van der Waals surface area contributed by atoms with E-state index in [4.69, 9.17) is 9.16 Å². The second-order valence-corrected chi connectivity index (χ2v) is 19.8. The molecule has 1 saturated heterocycles. The van der Waals surface area contributed by atoms with E-state index in [1.54, 1.807) is 0 Å². The Hall–Kier alpha value is -1.47. The standard InChI is InChI=1S/C25H36O2Si2/c1-20(28(5,6)7)18-23-24(27-23)19-26-29(25(2,3)4,21-14-10-8-11-15-21)22-16-12-9-13-17-22/h8-17,23-24H,1,18-19H2,2-7H3/t23-,24-/m0/s1. The molecule has 0 N–H and O–H groups in total. The largest absolute Gasteiger partial charge is 0.405 e. The SMILES string of the molecule is C=C(C[C@@H]1O[C@H]1CO[Si](c1ccccc1)(c1ccccc1)C(C)(C)C)[Si](C)(C)C. The molecule has 0 saturated carbocycles. The Labute approximate surface area is 179 Å². The molecule has 2 nitrogen and oxygen atoms in total. The molecule has 0 unspecified atom stereocenters. The maximum atomic E-state index is 6.98. The molecule has 2 aromatic rings. The number of epoxide rings is 1. The Morgan fingerprint density at radius 3 is 1.79 bits per heavy atom. The molecule has 0 amide bonds. The van der Waals surface area contributed by atoms with Crippen LogP contribution in [0.1, 0.15) is 27.2 Å². The lowest BCUT2D eigenvalue weighted by molar-refractivity contribution is 0.248. The van der Waals surface area contributed by atoms with Crippen molar-refractivity contribution in [2.45, 2.75) is 64.1 Å². The molecule has 2 atom stereocenters. The van der Waals surface area contributed by atoms with E-state index in [-0.39, 0.29) is 17.2 Å². The van der Waals surface area contributed by atoms with E-state index < -0.39 is 16.4 Å². The molecule has 1 heterocycles. The van der Waals surface area contributed by atoms with E-state index in [0.29, 0.717) is 6.61 Å². The fourth-order valence-corrected chi connectivity index (χ4v) is 9.41. The third-order valence-corrected chi connectivity index (χ3v) is 13.4. The van der Waals surface area contributed by atoms with E-state index in [0.717, 1.165) is 6.42 Å². The van der Waals surface area contributed by atoms with Crippen molar-refractivity contribution in [3.8, 4) is 0 Å². The van der Waals surface area contributed by atoms with Gasteiger partial charge in [0.25, 0.3) is 8.32 Å². The molecule has 4 heteroatoms. The summed E-state index contributed by atoms with van der Waals surface area (Å²) in [6, 6.07) is 21.6. The number of rotatable bonds is 8. The van der Waals surface area contributed by atoms with Crippen molar-refractivity contribution in [3.05, 3.63) is 72.4 Å². The predicted molar refractivity (Wildman–Crippen MR) is 129 cm³/mol. The molecule has 29 heavy (non-hydrogen) atoms. The molecular weight excluding hydrogens is 388 g/mol. The van der Waals surface area contributed by atoms with Crippen LogP contribution in [0.15, 0.2) is 72.4 Å². The van der Waals surface area contributed by atoms with Crippen molar-refractivity contribution >= 4 is 26.8 Å². The lowest BCUT2D eigenvalue weighted by Gasteiger charge is -2.43.